The lowest BCUT2D eigenvalue weighted by molar-refractivity contribution is -0.726. The maximum absolute atomic E-state index is 8.53. The Labute approximate surface area is 175 Å². The van der Waals surface area contributed by atoms with Crippen LogP contribution in [0.15, 0.2) is 83.6 Å². The predicted octanol–water partition coefficient (Wildman–Crippen LogP) is 3.36. The van der Waals surface area contributed by atoms with E-state index in [1.807, 2.05) is 73.3 Å². The van der Waals surface area contributed by atoms with Crippen molar-refractivity contribution >= 4 is 24.0 Å². The molecule has 0 aliphatic heterocycles. The molecule has 0 atom stereocenters. The molecule has 0 unspecified atom stereocenters. The van der Waals surface area contributed by atoms with Crippen LogP contribution in [0.4, 0.5) is 0 Å². The topological polar surface area (TPSA) is 61.9 Å². The van der Waals surface area contributed by atoms with E-state index in [0.29, 0.717) is 11.6 Å². The Morgan fingerprint density at radius 2 is 1.38 bits per heavy atom. The summed E-state index contributed by atoms with van der Waals surface area (Å²) in [4.78, 5) is 5.33. The van der Waals surface area contributed by atoms with Crippen molar-refractivity contribution in [3.63, 3.8) is 0 Å². The molecule has 29 heavy (non-hydrogen) atoms. The van der Waals surface area contributed by atoms with Crippen molar-refractivity contribution in [1.29, 1.82) is 0 Å². The number of halogens is 1. The summed E-state index contributed by atoms with van der Waals surface area (Å²) in [6.07, 6.45) is 12.1. The van der Waals surface area contributed by atoms with Gasteiger partial charge in [0.2, 0.25) is 0 Å². The average molecular weight is 411 g/mol. The molecule has 3 rings (SSSR count). The number of aromatic nitrogens is 2. The third kappa shape index (κ3) is 7.01. The SMILES string of the molecule is ON=Cc1cc[n+](CCC[n+]2ccc(/C=N\OCc3ccc(Cl)cc3)cc2)cc1. The van der Waals surface area contributed by atoms with E-state index in [1.54, 1.807) is 6.21 Å². The van der Waals surface area contributed by atoms with E-state index >= 15 is 0 Å². The first-order valence-corrected chi connectivity index (χ1v) is 9.66. The van der Waals surface area contributed by atoms with Gasteiger partial charge in [-0.3, -0.25) is 0 Å². The van der Waals surface area contributed by atoms with E-state index in [0.717, 1.165) is 36.2 Å². The van der Waals surface area contributed by atoms with Gasteiger partial charge in [-0.2, -0.15) is 0 Å². The lowest BCUT2D eigenvalue weighted by Gasteiger charge is -2.00. The Morgan fingerprint density at radius 3 is 1.93 bits per heavy atom. The Hall–Kier alpha value is -3.25. The van der Waals surface area contributed by atoms with Crippen molar-refractivity contribution in [2.24, 2.45) is 10.3 Å². The first kappa shape index (κ1) is 20.5. The van der Waals surface area contributed by atoms with Gasteiger partial charge in [0.15, 0.2) is 37.9 Å². The molecule has 0 amide bonds. The minimum Gasteiger partial charge on any atom is -0.411 e. The van der Waals surface area contributed by atoms with Crippen LogP contribution in [0.1, 0.15) is 23.1 Å². The fourth-order valence-electron chi connectivity index (χ4n) is 2.70. The second-order valence-electron chi connectivity index (χ2n) is 6.47. The smallest absolute Gasteiger partial charge is 0.169 e. The van der Waals surface area contributed by atoms with Crippen molar-refractivity contribution in [3.8, 4) is 0 Å². The summed E-state index contributed by atoms with van der Waals surface area (Å²) in [6, 6.07) is 15.3. The first-order chi connectivity index (χ1) is 14.2. The third-order valence-corrected chi connectivity index (χ3v) is 4.55. The van der Waals surface area contributed by atoms with Crippen molar-refractivity contribution in [1.82, 2.24) is 0 Å². The lowest BCUT2D eigenvalue weighted by Crippen LogP contribution is -2.38. The van der Waals surface area contributed by atoms with Crippen molar-refractivity contribution < 1.29 is 19.2 Å². The number of oxime groups is 2. The fourth-order valence-corrected chi connectivity index (χ4v) is 2.83. The van der Waals surface area contributed by atoms with Gasteiger partial charge in [-0.25, -0.2) is 9.13 Å². The van der Waals surface area contributed by atoms with Gasteiger partial charge in [-0.15, -0.1) is 0 Å². The molecule has 0 aliphatic carbocycles. The second kappa shape index (κ2) is 10.9. The van der Waals surface area contributed by atoms with E-state index < -0.39 is 0 Å². The Balaban J connectivity index is 1.40. The number of benzene rings is 1. The largest absolute Gasteiger partial charge is 0.411 e. The number of rotatable bonds is 9. The highest BCUT2D eigenvalue weighted by molar-refractivity contribution is 6.30. The number of nitrogens with zero attached hydrogens (tertiary/aromatic N) is 4. The van der Waals surface area contributed by atoms with Crippen LogP contribution in [0.25, 0.3) is 0 Å². The van der Waals surface area contributed by atoms with Gasteiger partial charge in [0, 0.05) is 40.4 Å². The van der Waals surface area contributed by atoms with Crippen molar-refractivity contribution in [3.05, 3.63) is 95.0 Å². The maximum Gasteiger partial charge on any atom is 0.169 e. The molecule has 0 radical (unpaired) electrons. The summed E-state index contributed by atoms with van der Waals surface area (Å²) in [5.41, 5.74) is 2.87. The number of hydrogen-bond acceptors (Lipinski definition) is 4. The van der Waals surface area contributed by atoms with E-state index in [2.05, 4.69) is 19.4 Å². The number of aryl methyl sites for hydroxylation is 2. The molecule has 0 spiro atoms. The van der Waals surface area contributed by atoms with E-state index in [-0.39, 0.29) is 0 Å². The highest BCUT2D eigenvalue weighted by atomic mass is 35.5. The molecule has 1 N–H and O–H groups in total. The monoisotopic (exact) mass is 410 g/mol. The third-order valence-electron chi connectivity index (χ3n) is 4.29. The highest BCUT2D eigenvalue weighted by Crippen LogP contribution is 2.10. The van der Waals surface area contributed by atoms with Gasteiger partial charge in [-0.05, 0) is 17.7 Å². The molecule has 1 aromatic carbocycles. The molecule has 3 aromatic rings. The first-order valence-electron chi connectivity index (χ1n) is 9.28. The van der Waals surface area contributed by atoms with Crippen LogP contribution in [0.5, 0.6) is 0 Å². The minimum absolute atomic E-state index is 0.409. The zero-order valence-corrected chi connectivity index (χ0v) is 16.7. The Kier molecular flexibility index (Phi) is 7.72. The maximum atomic E-state index is 8.53. The summed E-state index contributed by atoms with van der Waals surface area (Å²) in [7, 11) is 0. The van der Waals surface area contributed by atoms with Gasteiger partial charge in [-0.1, -0.05) is 34.0 Å². The van der Waals surface area contributed by atoms with E-state index in [1.165, 1.54) is 6.21 Å². The molecule has 0 saturated carbocycles. The van der Waals surface area contributed by atoms with Crippen molar-refractivity contribution in [2.75, 3.05) is 0 Å². The summed E-state index contributed by atoms with van der Waals surface area (Å²) in [5, 5.41) is 16.3. The van der Waals surface area contributed by atoms with E-state index in [4.69, 9.17) is 21.6 Å². The molecule has 0 bridgehead atoms. The molecule has 148 valence electrons. The molecule has 0 saturated heterocycles. The van der Waals surface area contributed by atoms with Crippen LogP contribution in [0.3, 0.4) is 0 Å². The zero-order valence-electron chi connectivity index (χ0n) is 15.9. The number of hydrogen-bond donors (Lipinski definition) is 1. The van der Waals surface area contributed by atoms with Crippen LogP contribution >= 0.6 is 11.6 Å². The summed E-state index contributed by atoms with van der Waals surface area (Å²) in [5.74, 6) is 0. The molecule has 7 heteroatoms. The summed E-state index contributed by atoms with van der Waals surface area (Å²) in [6.45, 7) is 2.23. The quantitative estimate of drug-likeness (QED) is 0.254. The minimum atomic E-state index is 0.409. The van der Waals surface area contributed by atoms with Crippen LogP contribution in [-0.4, -0.2) is 17.6 Å². The van der Waals surface area contributed by atoms with Gasteiger partial charge in [0.25, 0.3) is 0 Å². The van der Waals surface area contributed by atoms with E-state index in [9.17, 15) is 0 Å². The predicted molar refractivity (Wildman–Crippen MR) is 111 cm³/mol. The number of pyridine rings is 2. The molecular formula is C22H23ClN4O2+2. The standard InChI is InChI=1S/C22H22ClN4O2/c23-22-4-2-21(3-5-22)18-29-25-17-20-8-14-27(15-9-20)11-1-10-26-12-6-19(7-13-26)16-24-28/h2-9,12-17H,1,10-11,18H2/q+1/p+1/b25-17-. The Morgan fingerprint density at radius 1 is 0.828 bits per heavy atom. The molecular weight excluding hydrogens is 388 g/mol. The summed E-state index contributed by atoms with van der Waals surface area (Å²) >= 11 is 5.86. The van der Waals surface area contributed by atoms with Crippen LogP contribution in [-0.2, 0) is 24.5 Å². The molecule has 6 nitrogen and oxygen atoms in total. The van der Waals surface area contributed by atoms with Crippen molar-refractivity contribution in [2.45, 2.75) is 26.1 Å². The molecule has 0 fully saturated rings. The lowest BCUT2D eigenvalue weighted by atomic mass is 10.2. The van der Waals surface area contributed by atoms with Crippen LogP contribution in [0, 0.1) is 0 Å². The van der Waals surface area contributed by atoms with Gasteiger partial charge in [0.05, 0.1) is 18.9 Å². The fraction of sp³-hybridized carbons (Fsp3) is 0.182. The second-order valence-corrected chi connectivity index (χ2v) is 6.91. The normalized spacial score (nSPS) is 11.3. The Bertz CT molecular complexity index is 940. The molecule has 2 aromatic heterocycles. The van der Waals surface area contributed by atoms with Crippen LogP contribution in [0.2, 0.25) is 5.02 Å². The molecule has 0 aliphatic rings. The highest BCUT2D eigenvalue weighted by Gasteiger charge is 2.05. The van der Waals surface area contributed by atoms with Gasteiger partial charge < -0.3 is 10.0 Å². The average Bonchev–Trinajstić information content (AvgIpc) is 2.75. The van der Waals surface area contributed by atoms with Crippen LogP contribution < -0.4 is 9.13 Å². The van der Waals surface area contributed by atoms with Gasteiger partial charge in [0.1, 0.15) is 6.61 Å². The zero-order chi connectivity index (χ0) is 20.3. The molecule has 2 heterocycles. The summed E-state index contributed by atoms with van der Waals surface area (Å²) < 4.78 is 4.24. The van der Waals surface area contributed by atoms with Gasteiger partial charge >= 0.3 is 0 Å².